The van der Waals surface area contributed by atoms with E-state index in [0.29, 0.717) is 48.6 Å². The fourth-order valence-corrected chi connectivity index (χ4v) is 4.20. The third-order valence-electron chi connectivity index (χ3n) is 5.97. The molecule has 160 valence electrons. The van der Waals surface area contributed by atoms with Crippen LogP contribution in [0, 0.1) is 12.7 Å². The molecular weight excluding hydrogens is 403 g/mol. The molecule has 1 aliphatic rings. The first-order valence-electron chi connectivity index (χ1n) is 10.7. The van der Waals surface area contributed by atoms with Crippen molar-refractivity contribution >= 4 is 22.5 Å². The Morgan fingerprint density at radius 1 is 0.844 bits per heavy atom. The van der Waals surface area contributed by atoms with Gasteiger partial charge in [-0.05, 0) is 25.1 Å². The molecule has 0 bridgehead atoms. The first-order chi connectivity index (χ1) is 15.6. The largest absolute Gasteiger partial charge is 0.366 e. The number of benzene rings is 3. The van der Waals surface area contributed by atoms with Crippen LogP contribution in [-0.2, 0) is 0 Å². The maximum absolute atomic E-state index is 14.2. The predicted octanol–water partition coefficient (Wildman–Crippen LogP) is 4.71. The van der Waals surface area contributed by atoms with Crippen molar-refractivity contribution in [2.75, 3.05) is 31.1 Å². The number of aromatic nitrogens is 2. The van der Waals surface area contributed by atoms with E-state index in [4.69, 9.17) is 0 Å². The van der Waals surface area contributed by atoms with Gasteiger partial charge in [-0.2, -0.15) is 0 Å². The average molecular weight is 426 g/mol. The minimum Gasteiger partial charge on any atom is -0.366 e. The molecule has 6 heteroatoms. The fraction of sp³-hybridized carbons (Fsp3) is 0.192. The van der Waals surface area contributed by atoms with Crippen LogP contribution in [0.3, 0.4) is 0 Å². The van der Waals surface area contributed by atoms with Crippen LogP contribution in [0.15, 0.2) is 72.8 Å². The average Bonchev–Trinajstić information content (AvgIpc) is 2.84. The zero-order valence-corrected chi connectivity index (χ0v) is 17.8. The molecule has 1 fully saturated rings. The number of rotatable bonds is 3. The van der Waals surface area contributed by atoms with Gasteiger partial charge in [0.2, 0.25) is 0 Å². The second-order valence-corrected chi connectivity index (χ2v) is 8.04. The van der Waals surface area contributed by atoms with Gasteiger partial charge >= 0.3 is 0 Å². The standard InChI is InChI=1S/C26H23FN4O/c1-18-10-12-19(13-11-18)25-24(20-6-2-4-8-22(20)28-29-25)26(32)31-16-14-30(15-17-31)23-9-5-3-7-21(23)27/h2-13H,14-17H2,1H3. The van der Waals surface area contributed by atoms with Gasteiger partial charge in [0, 0.05) is 37.1 Å². The Labute approximate surface area is 186 Å². The number of fused-ring (bicyclic) bond motifs is 1. The van der Waals surface area contributed by atoms with Crippen LogP contribution in [-0.4, -0.2) is 47.2 Å². The number of hydrogen-bond donors (Lipinski definition) is 0. The topological polar surface area (TPSA) is 49.3 Å². The van der Waals surface area contributed by atoms with E-state index in [-0.39, 0.29) is 11.7 Å². The highest BCUT2D eigenvalue weighted by Gasteiger charge is 2.27. The van der Waals surface area contributed by atoms with Crippen molar-refractivity contribution in [2.24, 2.45) is 0 Å². The van der Waals surface area contributed by atoms with Gasteiger partial charge in [0.15, 0.2) is 0 Å². The van der Waals surface area contributed by atoms with Gasteiger partial charge in [0.05, 0.1) is 16.8 Å². The van der Waals surface area contributed by atoms with Crippen LogP contribution in [0.25, 0.3) is 22.2 Å². The van der Waals surface area contributed by atoms with E-state index in [1.165, 1.54) is 6.07 Å². The van der Waals surface area contributed by atoms with Crippen LogP contribution >= 0.6 is 0 Å². The van der Waals surface area contributed by atoms with Crippen molar-refractivity contribution in [1.29, 1.82) is 0 Å². The molecule has 0 unspecified atom stereocenters. The van der Waals surface area contributed by atoms with Crippen LogP contribution in [0.1, 0.15) is 15.9 Å². The Hall–Kier alpha value is -3.80. The minimum atomic E-state index is -0.238. The first kappa shape index (κ1) is 20.1. The van der Waals surface area contributed by atoms with Gasteiger partial charge in [-0.15, -0.1) is 10.2 Å². The molecular formula is C26H23FN4O. The lowest BCUT2D eigenvalue weighted by molar-refractivity contribution is 0.0749. The van der Waals surface area contributed by atoms with E-state index >= 15 is 0 Å². The molecule has 1 aromatic heterocycles. The van der Waals surface area contributed by atoms with Gasteiger partial charge in [-0.25, -0.2) is 4.39 Å². The van der Waals surface area contributed by atoms with Crippen molar-refractivity contribution in [3.63, 3.8) is 0 Å². The number of anilines is 1. The SMILES string of the molecule is Cc1ccc(-c2nnc3ccccc3c2C(=O)N2CCN(c3ccccc3F)CC2)cc1. The van der Waals surface area contributed by atoms with Gasteiger partial charge in [0.25, 0.3) is 5.91 Å². The van der Waals surface area contributed by atoms with Crippen LogP contribution in [0.2, 0.25) is 0 Å². The molecule has 1 saturated heterocycles. The predicted molar refractivity (Wildman–Crippen MR) is 124 cm³/mol. The third kappa shape index (κ3) is 3.68. The second-order valence-electron chi connectivity index (χ2n) is 8.04. The Bertz CT molecular complexity index is 1280. The zero-order valence-electron chi connectivity index (χ0n) is 17.8. The molecule has 3 aromatic carbocycles. The monoisotopic (exact) mass is 426 g/mol. The zero-order chi connectivity index (χ0) is 22.1. The third-order valence-corrected chi connectivity index (χ3v) is 5.97. The second kappa shape index (κ2) is 8.38. The summed E-state index contributed by atoms with van der Waals surface area (Å²) in [6.07, 6.45) is 0. The van der Waals surface area contributed by atoms with Crippen molar-refractivity contribution < 1.29 is 9.18 Å². The Morgan fingerprint density at radius 2 is 1.53 bits per heavy atom. The lowest BCUT2D eigenvalue weighted by Crippen LogP contribution is -2.49. The molecule has 0 N–H and O–H groups in total. The maximum atomic E-state index is 14.2. The molecule has 32 heavy (non-hydrogen) atoms. The fourth-order valence-electron chi connectivity index (χ4n) is 4.20. The summed E-state index contributed by atoms with van der Waals surface area (Å²) in [5, 5.41) is 9.59. The maximum Gasteiger partial charge on any atom is 0.256 e. The van der Waals surface area contributed by atoms with E-state index in [2.05, 4.69) is 10.2 Å². The number of carbonyl (C=O) groups is 1. The van der Waals surface area contributed by atoms with Crippen molar-refractivity contribution in [3.8, 4) is 11.3 Å². The number of hydrogen-bond acceptors (Lipinski definition) is 4. The summed E-state index contributed by atoms with van der Waals surface area (Å²) >= 11 is 0. The van der Waals surface area contributed by atoms with E-state index in [1.807, 2.05) is 71.3 Å². The van der Waals surface area contributed by atoms with Crippen LogP contribution in [0.5, 0.6) is 0 Å². The number of amides is 1. The number of piperazine rings is 1. The molecule has 0 saturated carbocycles. The molecule has 0 radical (unpaired) electrons. The molecule has 0 atom stereocenters. The Balaban J connectivity index is 1.49. The van der Waals surface area contributed by atoms with Crippen molar-refractivity contribution in [3.05, 3.63) is 89.7 Å². The number of aryl methyl sites for hydroxylation is 1. The number of para-hydroxylation sites is 1. The number of carbonyl (C=O) groups excluding carboxylic acids is 1. The van der Waals surface area contributed by atoms with Gasteiger partial charge in [-0.3, -0.25) is 4.79 Å². The highest BCUT2D eigenvalue weighted by Crippen LogP contribution is 2.29. The highest BCUT2D eigenvalue weighted by molar-refractivity contribution is 6.10. The lowest BCUT2D eigenvalue weighted by Gasteiger charge is -2.36. The summed E-state index contributed by atoms with van der Waals surface area (Å²) in [5.41, 5.74) is 4.43. The lowest BCUT2D eigenvalue weighted by atomic mass is 9.99. The smallest absolute Gasteiger partial charge is 0.256 e. The van der Waals surface area contributed by atoms with Crippen molar-refractivity contribution in [2.45, 2.75) is 6.92 Å². The molecule has 1 aliphatic heterocycles. The molecule has 1 amide bonds. The summed E-state index contributed by atoms with van der Waals surface area (Å²) in [6, 6.07) is 22.3. The first-order valence-corrected chi connectivity index (χ1v) is 10.7. The molecule has 0 spiro atoms. The number of nitrogens with zero attached hydrogens (tertiary/aromatic N) is 4. The summed E-state index contributed by atoms with van der Waals surface area (Å²) in [7, 11) is 0. The van der Waals surface area contributed by atoms with Crippen LogP contribution < -0.4 is 4.90 Å². The molecule has 2 heterocycles. The van der Waals surface area contributed by atoms with E-state index < -0.39 is 0 Å². The van der Waals surface area contributed by atoms with Crippen molar-refractivity contribution in [1.82, 2.24) is 15.1 Å². The van der Waals surface area contributed by atoms with Crippen LogP contribution in [0.4, 0.5) is 10.1 Å². The Kier molecular flexibility index (Phi) is 5.27. The number of halogens is 1. The molecule has 0 aliphatic carbocycles. The van der Waals surface area contributed by atoms with Gasteiger partial charge in [-0.1, -0.05) is 60.2 Å². The van der Waals surface area contributed by atoms with E-state index in [9.17, 15) is 9.18 Å². The molecule has 5 rings (SSSR count). The van der Waals surface area contributed by atoms with E-state index in [1.54, 1.807) is 12.1 Å². The minimum absolute atomic E-state index is 0.0696. The normalized spacial score (nSPS) is 14.1. The summed E-state index contributed by atoms with van der Waals surface area (Å²) in [5.74, 6) is -0.307. The van der Waals surface area contributed by atoms with Gasteiger partial charge < -0.3 is 9.80 Å². The summed E-state index contributed by atoms with van der Waals surface area (Å²) < 4.78 is 14.2. The Morgan fingerprint density at radius 3 is 2.28 bits per heavy atom. The van der Waals surface area contributed by atoms with E-state index in [0.717, 1.165) is 16.5 Å². The van der Waals surface area contributed by atoms with Gasteiger partial charge in [0.1, 0.15) is 11.5 Å². The highest BCUT2D eigenvalue weighted by atomic mass is 19.1. The summed E-state index contributed by atoms with van der Waals surface area (Å²) in [4.78, 5) is 17.6. The molecule has 5 nitrogen and oxygen atoms in total. The molecule has 4 aromatic rings. The summed E-state index contributed by atoms with van der Waals surface area (Å²) in [6.45, 7) is 4.19. The quantitative estimate of drug-likeness (QED) is 0.476.